The molecule has 5 rings (SSSR count). The van der Waals surface area contributed by atoms with Crippen molar-refractivity contribution in [3.63, 3.8) is 0 Å². The lowest BCUT2D eigenvalue weighted by Crippen LogP contribution is -2.52. The average molecular weight is 450 g/mol. The van der Waals surface area contributed by atoms with Gasteiger partial charge in [0.25, 0.3) is 5.56 Å². The van der Waals surface area contributed by atoms with Crippen molar-refractivity contribution in [3.8, 4) is 0 Å². The molecule has 2 N–H and O–H groups in total. The summed E-state index contributed by atoms with van der Waals surface area (Å²) >= 11 is 0. The van der Waals surface area contributed by atoms with Crippen LogP contribution in [0.15, 0.2) is 53.7 Å². The van der Waals surface area contributed by atoms with Crippen LogP contribution in [0.25, 0.3) is 11.0 Å². The molecule has 2 fully saturated rings. The van der Waals surface area contributed by atoms with Crippen molar-refractivity contribution >= 4 is 16.9 Å². The number of rotatable bonds is 4. The lowest BCUT2D eigenvalue weighted by molar-refractivity contribution is -0.141. The number of aryl methyl sites for hydroxylation is 1. The lowest BCUT2D eigenvalue weighted by atomic mass is 9.80. The molecule has 0 bridgehead atoms. The molecule has 0 spiro atoms. The minimum Gasteiger partial charge on any atom is -0.388 e. The third-order valence-electron chi connectivity index (χ3n) is 7.35. The second kappa shape index (κ2) is 8.76. The Hall–Kier alpha value is -2.97. The van der Waals surface area contributed by atoms with Crippen molar-refractivity contribution in [2.75, 3.05) is 26.2 Å². The van der Waals surface area contributed by atoms with E-state index >= 15 is 0 Å². The molecule has 33 heavy (non-hydrogen) atoms. The van der Waals surface area contributed by atoms with E-state index < -0.39 is 5.60 Å². The first-order chi connectivity index (χ1) is 16.0. The Morgan fingerprint density at radius 1 is 1.21 bits per heavy atom. The second-order valence-corrected chi connectivity index (χ2v) is 9.51. The number of nitrogens with one attached hydrogen (secondary N) is 1. The molecule has 0 unspecified atom stereocenters. The monoisotopic (exact) mass is 449 g/mol. The highest BCUT2D eigenvalue weighted by Gasteiger charge is 2.39. The van der Waals surface area contributed by atoms with E-state index in [4.69, 9.17) is 0 Å². The van der Waals surface area contributed by atoms with Crippen molar-refractivity contribution in [2.24, 2.45) is 13.0 Å². The maximum Gasteiger partial charge on any atom is 0.262 e. The van der Waals surface area contributed by atoms with E-state index in [-0.39, 0.29) is 29.8 Å². The van der Waals surface area contributed by atoms with E-state index in [0.717, 1.165) is 19.5 Å². The number of hydrogen-bond acceptors (Lipinski definition) is 5. The highest BCUT2D eigenvalue weighted by atomic mass is 16.3. The van der Waals surface area contributed by atoms with Crippen molar-refractivity contribution in [3.05, 3.63) is 64.8 Å². The van der Waals surface area contributed by atoms with E-state index in [9.17, 15) is 14.7 Å². The van der Waals surface area contributed by atoms with Gasteiger partial charge in [-0.1, -0.05) is 30.3 Å². The van der Waals surface area contributed by atoms with Gasteiger partial charge in [0.15, 0.2) is 0 Å². The number of hydrogen-bond donors (Lipinski definition) is 2. The van der Waals surface area contributed by atoms with E-state index in [0.29, 0.717) is 37.0 Å². The van der Waals surface area contributed by atoms with Crippen LogP contribution in [0.4, 0.5) is 0 Å². The van der Waals surface area contributed by atoms with Crippen molar-refractivity contribution < 1.29 is 9.90 Å². The zero-order valence-corrected chi connectivity index (χ0v) is 19.0. The molecule has 2 saturated heterocycles. The number of piperidine rings is 2. The van der Waals surface area contributed by atoms with Gasteiger partial charge in [-0.15, -0.1) is 0 Å². The number of nitrogens with zero attached hydrogens (tertiary/aromatic N) is 4. The summed E-state index contributed by atoms with van der Waals surface area (Å²) in [5, 5.41) is 15.2. The van der Waals surface area contributed by atoms with Crippen LogP contribution in [0.3, 0.4) is 0 Å². The van der Waals surface area contributed by atoms with E-state index in [1.165, 1.54) is 16.5 Å². The standard InChI is InChI=1S/C25H31N5O3/c1-28-12-8-20-22(28)27-17-30(24(20)32)16-25(33)9-13-29(14-10-25)23(31)19-7-11-26-15-21(19)18-5-3-2-4-6-18/h2-6,8,12,17,19,21,26,33H,7,9-11,13-16H2,1H3/t19-,21+/m1/s1. The summed E-state index contributed by atoms with van der Waals surface area (Å²) in [4.78, 5) is 32.6. The quantitative estimate of drug-likeness (QED) is 0.630. The fraction of sp³-hybridized carbons (Fsp3) is 0.480. The molecule has 8 heteroatoms. The number of aromatic nitrogens is 3. The SMILES string of the molecule is Cn1ccc2c(=O)n(CC3(O)CCN(C(=O)[C@@H]4CCNC[C@H]4c4ccccc4)CC3)cnc21. The maximum absolute atomic E-state index is 13.5. The van der Waals surface area contributed by atoms with Gasteiger partial charge in [-0.3, -0.25) is 14.2 Å². The molecule has 0 aliphatic carbocycles. The summed E-state index contributed by atoms with van der Waals surface area (Å²) < 4.78 is 3.31. The van der Waals surface area contributed by atoms with E-state index in [2.05, 4.69) is 22.4 Å². The molecule has 8 nitrogen and oxygen atoms in total. The normalized spacial score (nSPS) is 23.0. The lowest BCUT2D eigenvalue weighted by Gasteiger charge is -2.41. The molecule has 1 amide bonds. The molecule has 4 heterocycles. The van der Waals surface area contributed by atoms with Crippen molar-refractivity contribution in [1.82, 2.24) is 24.3 Å². The smallest absolute Gasteiger partial charge is 0.262 e. The largest absolute Gasteiger partial charge is 0.388 e. The van der Waals surface area contributed by atoms with Crippen LogP contribution in [0.2, 0.25) is 0 Å². The molecular weight excluding hydrogens is 418 g/mol. The highest BCUT2D eigenvalue weighted by Crippen LogP contribution is 2.33. The molecule has 1 aromatic carbocycles. The Morgan fingerprint density at radius 2 is 1.97 bits per heavy atom. The molecule has 3 aromatic rings. The number of likely N-dealkylation sites (tertiary alicyclic amines) is 1. The summed E-state index contributed by atoms with van der Waals surface area (Å²) in [6, 6.07) is 12.0. The number of aliphatic hydroxyl groups is 1. The van der Waals surface area contributed by atoms with Gasteiger partial charge in [-0.2, -0.15) is 0 Å². The molecular formula is C25H31N5O3. The first kappa shape index (κ1) is 21.9. The van der Waals surface area contributed by atoms with Crippen LogP contribution < -0.4 is 10.9 Å². The van der Waals surface area contributed by atoms with Gasteiger partial charge in [0.05, 0.1) is 17.5 Å². The predicted molar refractivity (Wildman–Crippen MR) is 126 cm³/mol. The Bertz CT molecular complexity index is 1190. The predicted octanol–water partition coefficient (Wildman–Crippen LogP) is 1.48. The van der Waals surface area contributed by atoms with Crippen LogP contribution in [0.5, 0.6) is 0 Å². The Labute approximate surface area is 192 Å². The fourth-order valence-electron chi connectivity index (χ4n) is 5.35. The minimum atomic E-state index is -1.03. The fourth-order valence-corrected chi connectivity index (χ4v) is 5.35. The Morgan fingerprint density at radius 3 is 2.73 bits per heavy atom. The summed E-state index contributed by atoms with van der Waals surface area (Å²) in [7, 11) is 1.85. The van der Waals surface area contributed by atoms with Crippen LogP contribution in [-0.4, -0.2) is 61.8 Å². The second-order valence-electron chi connectivity index (χ2n) is 9.51. The van der Waals surface area contributed by atoms with Gasteiger partial charge in [0, 0.05) is 44.7 Å². The van der Waals surface area contributed by atoms with Crippen LogP contribution in [0.1, 0.15) is 30.7 Å². The summed E-state index contributed by atoms with van der Waals surface area (Å²) in [5.74, 6) is 0.291. The van der Waals surface area contributed by atoms with E-state index in [1.807, 2.05) is 40.9 Å². The number of carbonyl (C=O) groups is 1. The maximum atomic E-state index is 13.5. The van der Waals surface area contributed by atoms with Gasteiger partial charge in [0.2, 0.25) is 5.91 Å². The molecule has 2 atom stereocenters. The molecule has 2 aliphatic rings. The molecule has 0 saturated carbocycles. The Balaban J connectivity index is 1.27. The number of amides is 1. The third kappa shape index (κ3) is 4.20. The van der Waals surface area contributed by atoms with Crippen LogP contribution in [0, 0.1) is 5.92 Å². The van der Waals surface area contributed by atoms with Crippen LogP contribution >= 0.6 is 0 Å². The molecule has 0 radical (unpaired) electrons. The zero-order chi connectivity index (χ0) is 23.0. The zero-order valence-electron chi connectivity index (χ0n) is 19.0. The van der Waals surface area contributed by atoms with Crippen molar-refractivity contribution in [1.29, 1.82) is 0 Å². The molecule has 2 aromatic heterocycles. The van der Waals surface area contributed by atoms with Gasteiger partial charge in [-0.25, -0.2) is 4.98 Å². The van der Waals surface area contributed by atoms with Gasteiger partial charge in [-0.05, 0) is 37.4 Å². The summed E-state index contributed by atoms with van der Waals surface area (Å²) in [6.07, 6.45) is 5.03. The average Bonchev–Trinajstić information content (AvgIpc) is 3.23. The molecule has 2 aliphatic heterocycles. The van der Waals surface area contributed by atoms with Crippen molar-refractivity contribution in [2.45, 2.75) is 37.3 Å². The number of carbonyl (C=O) groups excluding carboxylic acids is 1. The van der Waals surface area contributed by atoms with E-state index in [1.54, 1.807) is 6.07 Å². The van der Waals surface area contributed by atoms with Crippen LogP contribution in [-0.2, 0) is 18.4 Å². The molecule has 174 valence electrons. The third-order valence-corrected chi connectivity index (χ3v) is 7.35. The Kier molecular flexibility index (Phi) is 5.80. The minimum absolute atomic E-state index is 0.0489. The highest BCUT2D eigenvalue weighted by molar-refractivity contribution is 5.80. The summed E-state index contributed by atoms with van der Waals surface area (Å²) in [5.41, 5.74) is 0.656. The number of fused-ring (bicyclic) bond motifs is 1. The topological polar surface area (TPSA) is 92.4 Å². The first-order valence-corrected chi connectivity index (χ1v) is 11.7. The van der Waals surface area contributed by atoms with Gasteiger partial charge in [0.1, 0.15) is 12.0 Å². The van der Waals surface area contributed by atoms with Gasteiger partial charge < -0.3 is 19.9 Å². The van der Waals surface area contributed by atoms with Gasteiger partial charge >= 0.3 is 0 Å². The number of benzene rings is 1. The summed E-state index contributed by atoms with van der Waals surface area (Å²) in [6.45, 7) is 2.82. The first-order valence-electron chi connectivity index (χ1n) is 11.7.